The molecule has 0 saturated carbocycles. The largest absolute Gasteiger partial charge is 0.391 e. The summed E-state index contributed by atoms with van der Waals surface area (Å²) in [5, 5.41) is 9.92. The molecule has 0 bridgehead atoms. The summed E-state index contributed by atoms with van der Waals surface area (Å²) in [6.45, 7) is 5.41. The fourth-order valence-corrected chi connectivity index (χ4v) is 1.48. The fourth-order valence-electron chi connectivity index (χ4n) is 1.48. The highest BCUT2D eigenvalue weighted by molar-refractivity contribution is 5.23. The van der Waals surface area contributed by atoms with Crippen molar-refractivity contribution < 1.29 is 13.9 Å². The number of aliphatic hydroxyl groups excluding tert-OH is 1. The molecule has 0 radical (unpaired) electrons. The first kappa shape index (κ1) is 13.1. The van der Waals surface area contributed by atoms with Gasteiger partial charge in [0.1, 0.15) is 11.6 Å². The number of benzene rings is 1. The van der Waals surface area contributed by atoms with Crippen LogP contribution in [0.25, 0.3) is 0 Å². The van der Waals surface area contributed by atoms with Gasteiger partial charge in [-0.25, -0.2) is 8.78 Å². The van der Waals surface area contributed by atoms with Crippen molar-refractivity contribution in [2.75, 3.05) is 0 Å². The predicted octanol–water partition coefficient (Wildman–Crippen LogP) is 2.37. The number of aliphatic hydroxyl groups is 1. The number of hydrogen-bond donors (Lipinski definition) is 2. The highest BCUT2D eigenvalue weighted by Gasteiger charge is 2.30. The molecule has 4 heteroatoms. The van der Waals surface area contributed by atoms with E-state index in [1.807, 2.05) is 0 Å². The summed E-state index contributed by atoms with van der Waals surface area (Å²) >= 11 is 0. The van der Waals surface area contributed by atoms with Crippen molar-refractivity contribution in [3.63, 3.8) is 0 Å². The van der Waals surface area contributed by atoms with E-state index in [0.717, 1.165) is 12.1 Å². The minimum absolute atomic E-state index is 0.129. The second-order valence-electron chi connectivity index (χ2n) is 5.00. The number of hydrogen-bond acceptors (Lipinski definition) is 2. The highest BCUT2D eigenvalue weighted by atomic mass is 19.1. The molecule has 2 nitrogen and oxygen atoms in total. The van der Waals surface area contributed by atoms with Crippen LogP contribution in [0.1, 0.15) is 32.4 Å². The van der Waals surface area contributed by atoms with E-state index in [1.54, 1.807) is 20.8 Å². The third kappa shape index (κ3) is 2.77. The standard InChI is InChI=1S/C12H17F2NO/c1-12(2,3)11(16)10(15)8-5-4-7(13)6-9(8)14/h4-6,10-11,16H,15H2,1-3H3/t10-,11-/m1/s1. The summed E-state index contributed by atoms with van der Waals surface area (Å²) in [5.74, 6) is -1.38. The Morgan fingerprint density at radius 2 is 1.81 bits per heavy atom. The van der Waals surface area contributed by atoms with E-state index in [1.165, 1.54) is 6.07 Å². The Bertz CT molecular complexity index is 374. The molecule has 0 fully saturated rings. The maximum atomic E-state index is 13.4. The van der Waals surface area contributed by atoms with Gasteiger partial charge in [-0.05, 0) is 11.5 Å². The van der Waals surface area contributed by atoms with Crippen LogP contribution in [0.4, 0.5) is 8.78 Å². The SMILES string of the molecule is CC(C)(C)[C@H](O)[C@H](N)c1ccc(F)cc1F. The van der Waals surface area contributed by atoms with Gasteiger partial charge in [-0.1, -0.05) is 26.8 Å². The summed E-state index contributed by atoms with van der Waals surface area (Å²) in [6.07, 6.45) is -0.896. The zero-order valence-electron chi connectivity index (χ0n) is 9.67. The molecule has 0 unspecified atom stereocenters. The van der Waals surface area contributed by atoms with Crippen LogP contribution in [0.3, 0.4) is 0 Å². The molecule has 3 N–H and O–H groups in total. The van der Waals surface area contributed by atoms with Gasteiger partial charge in [0, 0.05) is 11.6 Å². The zero-order chi connectivity index (χ0) is 12.5. The molecule has 0 aliphatic rings. The van der Waals surface area contributed by atoms with E-state index in [-0.39, 0.29) is 5.56 Å². The van der Waals surface area contributed by atoms with Gasteiger partial charge in [0.2, 0.25) is 0 Å². The highest BCUT2D eigenvalue weighted by Crippen LogP contribution is 2.29. The minimum atomic E-state index is -0.896. The summed E-state index contributed by atoms with van der Waals surface area (Å²) < 4.78 is 26.1. The van der Waals surface area contributed by atoms with E-state index in [9.17, 15) is 13.9 Å². The normalized spacial score (nSPS) is 15.9. The molecule has 0 heterocycles. The molecule has 0 aliphatic heterocycles. The molecule has 1 rings (SSSR count). The molecule has 0 spiro atoms. The molecular weight excluding hydrogens is 212 g/mol. The average Bonchev–Trinajstić information content (AvgIpc) is 2.14. The number of halogens is 2. The Balaban J connectivity index is 3.01. The van der Waals surface area contributed by atoms with Crippen molar-refractivity contribution in [3.8, 4) is 0 Å². The van der Waals surface area contributed by atoms with Gasteiger partial charge >= 0.3 is 0 Å². The lowest BCUT2D eigenvalue weighted by Gasteiger charge is -2.31. The number of nitrogens with two attached hydrogens (primary N) is 1. The average molecular weight is 229 g/mol. The van der Waals surface area contributed by atoms with Gasteiger partial charge in [0.05, 0.1) is 12.1 Å². The fraction of sp³-hybridized carbons (Fsp3) is 0.500. The van der Waals surface area contributed by atoms with Crippen LogP contribution in [0.15, 0.2) is 18.2 Å². The Kier molecular flexibility index (Phi) is 3.65. The first-order valence-corrected chi connectivity index (χ1v) is 5.12. The lowest BCUT2D eigenvalue weighted by atomic mass is 9.82. The van der Waals surface area contributed by atoms with Crippen molar-refractivity contribution in [1.82, 2.24) is 0 Å². The summed E-state index contributed by atoms with van der Waals surface area (Å²) in [4.78, 5) is 0. The Labute approximate surface area is 94.1 Å². The maximum absolute atomic E-state index is 13.4. The van der Waals surface area contributed by atoms with E-state index in [4.69, 9.17) is 5.73 Å². The topological polar surface area (TPSA) is 46.2 Å². The zero-order valence-corrected chi connectivity index (χ0v) is 9.67. The van der Waals surface area contributed by atoms with Crippen LogP contribution >= 0.6 is 0 Å². The first-order chi connectivity index (χ1) is 7.23. The van der Waals surface area contributed by atoms with Gasteiger partial charge in [-0.3, -0.25) is 0 Å². The molecular formula is C12H17F2NO. The molecule has 90 valence electrons. The molecule has 2 atom stereocenters. The Hall–Kier alpha value is -1.00. The monoisotopic (exact) mass is 229 g/mol. The second kappa shape index (κ2) is 4.47. The summed E-state index contributed by atoms with van der Waals surface area (Å²) in [6, 6.07) is 2.31. The molecule has 1 aromatic rings. The summed E-state index contributed by atoms with van der Waals surface area (Å²) in [5.41, 5.74) is 5.43. The van der Waals surface area contributed by atoms with Crippen molar-refractivity contribution in [1.29, 1.82) is 0 Å². The van der Waals surface area contributed by atoms with E-state index >= 15 is 0 Å². The third-order valence-electron chi connectivity index (χ3n) is 2.55. The minimum Gasteiger partial charge on any atom is -0.391 e. The van der Waals surface area contributed by atoms with Crippen LogP contribution in [0.5, 0.6) is 0 Å². The van der Waals surface area contributed by atoms with Crippen molar-refractivity contribution >= 4 is 0 Å². The van der Waals surface area contributed by atoms with Gasteiger partial charge in [0.25, 0.3) is 0 Å². The Morgan fingerprint density at radius 3 is 2.25 bits per heavy atom. The van der Waals surface area contributed by atoms with Crippen molar-refractivity contribution in [3.05, 3.63) is 35.4 Å². The van der Waals surface area contributed by atoms with Gasteiger partial charge in [0.15, 0.2) is 0 Å². The number of rotatable bonds is 2. The molecule has 1 aromatic carbocycles. The molecule has 0 saturated heterocycles. The third-order valence-corrected chi connectivity index (χ3v) is 2.55. The lowest BCUT2D eigenvalue weighted by molar-refractivity contribution is 0.0391. The lowest BCUT2D eigenvalue weighted by Crippen LogP contribution is -2.37. The van der Waals surface area contributed by atoms with Crippen LogP contribution in [-0.2, 0) is 0 Å². The maximum Gasteiger partial charge on any atom is 0.130 e. The van der Waals surface area contributed by atoms with Crippen LogP contribution in [0, 0.1) is 17.0 Å². The molecule has 16 heavy (non-hydrogen) atoms. The van der Waals surface area contributed by atoms with Crippen molar-refractivity contribution in [2.24, 2.45) is 11.1 Å². The molecule has 0 amide bonds. The van der Waals surface area contributed by atoms with Crippen LogP contribution in [0.2, 0.25) is 0 Å². The predicted molar refractivity (Wildman–Crippen MR) is 58.7 cm³/mol. The van der Waals surface area contributed by atoms with Crippen LogP contribution < -0.4 is 5.73 Å². The van der Waals surface area contributed by atoms with Crippen molar-refractivity contribution in [2.45, 2.75) is 32.9 Å². The van der Waals surface area contributed by atoms with Gasteiger partial charge < -0.3 is 10.8 Å². The summed E-state index contributed by atoms with van der Waals surface area (Å²) in [7, 11) is 0. The smallest absolute Gasteiger partial charge is 0.130 e. The second-order valence-corrected chi connectivity index (χ2v) is 5.00. The van der Waals surface area contributed by atoms with Gasteiger partial charge in [-0.2, -0.15) is 0 Å². The molecule has 0 aromatic heterocycles. The Morgan fingerprint density at radius 1 is 1.25 bits per heavy atom. The first-order valence-electron chi connectivity index (χ1n) is 5.12. The quantitative estimate of drug-likeness (QED) is 0.817. The van der Waals surface area contributed by atoms with E-state index < -0.39 is 29.2 Å². The van der Waals surface area contributed by atoms with Gasteiger partial charge in [-0.15, -0.1) is 0 Å². The van der Waals surface area contributed by atoms with E-state index in [0.29, 0.717) is 0 Å². The van der Waals surface area contributed by atoms with E-state index in [2.05, 4.69) is 0 Å². The molecule has 0 aliphatic carbocycles. The van der Waals surface area contributed by atoms with Crippen LogP contribution in [-0.4, -0.2) is 11.2 Å².